The number of rotatable bonds is 6. The van der Waals surface area contributed by atoms with Crippen molar-refractivity contribution in [3.8, 4) is 17.4 Å². The van der Waals surface area contributed by atoms with E-state index in [2.05, 4.69) is 10.1 Å². The Bertz CT molecular complexity index is 1030. The highest BCUT2D eigenvalue weighted by molar-refractivity contribution is 5.70. The largest absolute Gasteiger partial charge is 0.439 e. The molecule has 0 N–H and O–H groups in total. The van der Waals surface area contributed by atoms with E-state index in [0.717, 1.165) is 25.0 Å². The highest BCUT2D eigenvalue weighted by atomic mass is 19.4. The molecule has 3 heterocycles. The number of hydrogen-bond acceptors (Lipinski definition) is 6. The fourth-order valence-corrected chi connectivity index (χ4v) is 3.27. The number of likely N-dealkylation sites (tertiary alicyclic amines) is 1. The summed E-state index contributed by atoms with van der Waals surface area (Å²) in [6.45, 7) is 1.65. The van der Waals surface area contributed by atoms with E-state index in [1.165, 1.54) is 4.85 Å². The molecule has 2 aromatic heterocycles. The van der Waals surface area contributed by atoms with Gasteiger partial charge in [-0.25, -0.2) is 9.78 Å². The fraction of sp³-hybridized carbons (Fsp3) is 0.318. The Hall–Kier alpha value is -3.76. The van der Waals surface area contributed by atoms with Crippen LogP contribution in [0.1, 0.15) is 18.4 Å². The second-order valence-electron chi connectivity index (χ2n) is 7.46. The van der Waals surface area contributed by atoms with Gasteiger partial charge in [-0.2, -0.15) is 13.2 Å². The minimum Gasteiger partial charge on any atom is -0.439 e. The first kappa shape index (κ1) is 22.4. The fourth-order valence-electron chi connectivity index (χ4n) is 3.27. The van der Waals surface area contributed by atoms with Gasteiger partial charge in [0.1, 0.15) is 18.1 Å². The number of benzene rings is 1. The molecule has 1 fully saturated rings. The van der Waals surface area contributed by atoms with Crippen LogP contribution in [0.5, 0.6) is 17.4 Å². The molecule has 0 spiro atoms. The highest BCUT2D eigenvalue weighted by Gasteiger charge is 2.30. The first-order valence-corrected chi connectivity index (χ1v) is 10.3. The lowest BCUT2D eigenvalue weighted by molar-refractivity contribution is -0.137. The number of nitrogens with zero attached hydrogens (tertiary/aromatic N) is 4. The average molecular weight is 462 g/mol. The number of pyridine rings is 1. The van der Waals surface area contributed by atoms with Crippen LogP contribution < -0.4 is 14.3 Å². The molecule has 0 aliphatic carbocycles. The number of carbonyl (C=O) groups excluding carboxylic acids is 1. The first-order chi connectivity index (χ1) is 15.9. The maximum atomic E-state index is 12.6. The van der Waals surface area contributed by atoms with Crippen molar-refractivity contribution in [1.29, 1.82) is 0 Å². The average Bonchev–Trinajstić information content (AvgIpc) is 3.33. The van der Waals surface area contributed by atoms with Crippen molar-refractivity contribution in [2.45, 2.75) is 19.0 Å². The molecule has 3 aromatic rings. The molecular weight excluding hydrogens is 441 g/mol. The smallest absolute Gasteiger partial charge is 0.417 e. The van der Waals surface area contributed by atoms with Crippen molar-refractivity contribution in [3.05, 3.63) is 66.6 Å². The van der Waals surface area contributed by atoms with E-state index in [0.29, 0.717) is 43.3 Å². The number of hydrogen-bond donors (Lipinski definition) is 0. The Balaban J connectivity index is 1.23. The first-order valence-electron chi connectivity index (χ1n) is 10.3. The third-order valence-electron chi connectivity index (χ3n) is 5.11. The van der Waals surface area contributed by atoms with Gasteiger partial charge in [0, 0.05) is 25.4 Å². The lowest BCUT2D eigenvalue weighted by atomic mass is 9.98. The van der Waals surface area contributed by atoms with E-state index in [1.54, 1.807) is 47.6 Å². The zero-order valence-corrected chi connectivity index (χ0v) is 17.4. The number of aromatic nitrogens is 3. The lowest BCUT2D eigenvalue weighted by Gasteiger charge is -2.30. The molecule has 0 atom stereocenters. The number of piperidine rings is 1. The van der Waals surface area contributed by atoms with E-state index in [1.807, 2.05) is 0 Å². The summed E-state index contributed by atoms with van der Waals surface area (Å²) >= 11 is 0. The molecule has 0 radical (unpaired) electrons. The summed E-state index contributed by atoms with van der Waals surface area (Å²) in [6, 6.07) is 9.99. The predicted octanol–water partition coefficient (Wildman–Crippen LogP) is 4.43. The van der Waals surface area contributed by atoms with Crippen LogP contribution in [0.3, 0.4) is 0 Å². The number of carbonyl (C=O) groups is 1. The zero-order valence-electron chi connectivity index (χ0n) is 17.4. The van der Waals surface area contributed by atoms with Gasteiger partial charge in [0.05, 0.1) is 18.0 Å². The Kier molecular flexibility index (Phi) is 6.66. The van der Waals surface area contributed by atoms with E-state index in [-0.39, 0.29) is 5.88 Å². The maximum absolute atomic E-state index is 12.6. The van der Waals surface area contributed by atoms with Gasteiger partial charge < -0.3 is 19.2 Å². The molecule has 33 heavy (non-hydrogen) atoms. The Morgan fingerprint density at radius 2 is 1.79 bits per heavy atom. The summed E-state index contributed by atoms with van der Waals surface area (Å²) in [5.74, 6) is 1.03. The SMILES string of the molecule is O=C(Oc1ccc(Oc2ccc(C(F)(F)F)cn2)cc1)N1CCC(COn2cccn2)CC1. The van der Waals surface area contributed by atoms with Crippen LogP contribution in [0.4, 0.5) is 18.0 Å². The van der Waals surface area contributed by atoms with Crippen LogP contribution in [0.15, 0.2) is 61.1 Å². The molecule has 11 heteroatoms. The highest BCUT2D eigenvalue weighted by Crippen LogP contribution is 2.30. The Morgan fingerprint density at radius 1 is 1.06 bits per heavy atom. The molecule has 0 unspecified atom stereocenters. The van der Waals surface area contributed by atoms with E-state index in [4.69, 9.17) is 14.3 Å². The molecular formula is C22H21F3N4O4. The second-order valence-corrected chi connectivity index (χ2v) is 7.46. The van der Waals surface area contributed by atoms with Crippen molar-refractivity contribution < 1.29 is 32.3 Å². The minimum absolute atomic E-state index is 0.0205. The van der Waals surface area contributed by atoms with E-state index in [9.17, 15) is 18.0 Å². The van der Waals surface area contributed by atoms with E-state index < -0.39 is 17.8 Å². The number of amides is 1. The summed E-state index contributed by atoms with van der Waals surface area (Å²) in [6.07, 6.45) is 0.760. The van der Waals surface area contributed by atoms with Crippen LogP contribution in [0.25, 0.3) is 0 Å². The number of ether oxygens (including phenoxy) is 2. The van der Waals surface area contributed by atoms with Gasteiger partial charge >= 0.3 is 12.3 Å². The Morgan fingerprint density at radius 3 is 2.39 bits per heavy atom. The Labute approximate surface area is 187 Å². The molecule has 1 aliphatic heterocycles. The van der Waals surface area contributed by atoms with Crippen LogP contribution in [-0.2, 0) is 6.18 Å². The van der Waals surface area contributed by atoms with Gasteiger partial charge in [-0.3, -0.25) is 0 Å². The number of alkyl halides is 3. The van der Waals surface area contributed by atoms with Crippen molar-refractivity contribution in [1.82, 2.24) is 19.8 Å². The van der Waals surface area contributed by atoms with Crippen LogP contribution >= 0.6 is 0 Å². The molecule has 1 amide bonds. The van der Waals surface area contributed by atoms with Crippen molar-refractivity contribution in [2.75, 3.05) is 19.7 Å². The standard InChI is InChI=1S/C22H21F3N4O4/c23-22(24,25)17-2-7-20(26-14-17)32-18-3-5-19(6-4-18)33-21(30)28-12-8-16(9-13-28)15-31-29-11-1-10-27-29/h1-7,10-11,14,16H,8-9,12-13,15H2. The molecule has 174 valence electrons. The molecule has 0 bridgehead atoms. The maximum Gasteiger partial charge on any atom is 0.417 e. The molecule has 4 rings (SSSR count). The lowest BCUT2D eigenvalue weighted by Crippen LogP contribution is -2.41. The van der Waals surface area contributed by atoms with Crippen molar-refractivity contribution in [2.24, 2.45) is 5.92 Å². The third-order valence-corrected chi connectivity index (χ3v) is 5.11. The predicted molar refractivity (Wildman–Crippen MR) is 110 cm³/mol. The molecule has 1 aromatic carbocycles. The summed E-state index contributed by atoms with van der Waals surface area (Å²) in [5.41, 5.74) is -0.855. The van der Waals surface area contributed by atoms with Crippen molar-refractivity contribution >= 4 is 6.09 Å². The molecule has 0 saturated carbocycles. The summed E-state index contributed by atoms with van der Waals surface area (Å²) in [7, 11) is 0. The topological polar surface area (TPSA) is 78.7 Å². The second kappa shape index (κ2) is 9.80. The van der Waals surface area contributed by atoms with Crippen molar-refractivity contribution in [3.63, 3.8) is 0 Å². The summed E-state index contributed by atoms with van der Waals surface area (Å²) in [5, 5.41) is 3.99. The third kappa shape index (κ3) is 6.15. The van der Waals surface area contributed by atoms with E-state index >= 15 is 0 Å². The van der Waals surface area contributed by atoms with Gasteiger partial charge in [0.25, 0.3) is 0 Å². The van der Waals surface area contributed by atoms with Crippen LogP contribution in [0, 0.1) is 5.92 Å². The van der Waals surface area contributed by atoms with Crippen LogP contribution in [0.2, 0.25) is 0 Å². The molecule has 1 aliphatic rings. The van der Waals surface area contributed by atoms with Gasteiger partial charge in [-0.1, -0.05) is 0 Å². The van der Waals surface area contributed by atoms with Gasteiger partial charge in [-0.15, -0.1) is 9.94 Å². The van der Waals surface area contributed by atoms with Gasteiger partial charge in [0.15, 0.2) is 0 Å². The molecule has 8 nitrogen and oxygen atoms in total. The monoisotopic (exact) mass is 462 g/mol. The summed E-state index contributed by atoms with van der Waals surface area (Å²) < 4.78 is 48.7. The van der Waals surface area contributed by atoms with Gasteiger partial charge in [-0.05, 0) is 55.2 Å². The van der Waals surface area contributed by atoms with Crippen LogP contribution in [-0.4, -0.2) is 45.6 Å². The zero-order chi connectivity index (χ0) is 23.3. The molecule has 1 saturated heterocycles. The normalized spacial score (nSPS) is 14.7. The minimum atomic E-state index is -4.46. The quantitative estimate of drug-likeness (QED) is 0.539. The van der Waals surface area contributed by atoms with Gasteiger partial charge in [0.2, 0.25) is 5.88 Å². The summed E-state index contributed by atoms with van der Waals surface area (Å²) in [4.78, 5) is 24.7. The number of halogens is 3.